The number of pyridine rings is 1. The molecule has 5 rings (SSSR count). The number of nitrogens with one attached hydrogen (secondary N) is 1. The smallest absolute Gasteiger partial charge is 0.201 e. The van der Waals surface area contributed by atoms with Gasteiger partial charge in [0.25, 0.3) is 0 Å². The molecule has 2 N–H and O–H groups in total. The summed E-state index contributed by atoms with van der Waals surface area (Å²) >= 11 is 0. The van der Waals surface area contributed by atoms with Gasteiger partial charge >= 0.3 is 0 Å². The Morgan fingerprint density at radius 2 is 1.62 bits per heavy atom. The van der Waals surface area contributed by atoms with E-state index < -0.39 is 0 Å². The molecule has 1 aliphatic rings. The maximum atomic E-state index is 10.7. The molecule has 0 unspecified atom stereocenters. The van der Waals surface area contributed by atoms with Gasteiger partial charge in [-0.05, 0) is 82.0 Å². The molecule has 8 heteroatoms. The lowest BCUT2D eigenvalue weighted by molar-refractivity contribution is 0.127. The van der Waals surface area contributed by atoms with Crippen LogP contribution in [-0.2, 0) is 0 Å². The van der Waals surface area contributed by atoms with Crippen LogP contribution in [0.3, 0.4) is 0 Å². The molecule has 0 spiro atoms. The van der Waals surface area contributed by atoms with Crippen molar-refractivity contribution in [3.8, 4) is 28.1 Å². The van der Waals surface area contributed by atoms with Crippen LogP contribution >= 0.6 is 0 Å². The topological polar surface area (TPSA) is 102 Å². The van der Waals surface area contributed by atoms with E-state index in [2.05, 4.69) is 58.5 Å². The van der Waals surface area contributed by atoms with Gasteiger partial charge in [-0.1, -0.05) is 11.3 Å². The van der Waals surface area contributed by atoms with E-state index >= 15 is 0 Å². The molecule has 0 radical (unpaired) electrons. The van der Waals surface area contributed by atoms with Crippen molar-refractivity contribution in [2.24, 2.45) is 0 Å². The van der Waals surface area contributed by atoms with E-state index in [1.807, 2.05) is 35.0 Å². The maximum Gasteiger partial charge on any atom is 0.201 e. The predicted octanol–water partition coefficient (Wildman–Crippen LogP) is 4.14. The van der Waals surface area contributed by atoms with Crippen molar-refractivity contribution in [2.75, 3.05) is 0 Å². The highest BCUT2D eigenvalue weighted by molar-refractivity contribution is 5.79. The Balaban J connectivity index is 1.48. The highest BCUT2D eigenvalue weighted by Crippen LogP contribution is 2.37. The third-order valence-electron chi connectivity index (χ3n) is 6.02. The van der Waals surface area contributed by atoms with Crippen LogP contribution in [0.25, 0.3) is 33.5 Å². The number of hydrogen-bond donors (Lipinski definition) is 2. The average molecular weight is 430 g/mol. The molecule has 4 heterocycles. The number of nitrogens with zero attached hydrogens (tertiary/aromatic N) is 6. The van der Waals surface area contributed by atoms with Gasteiger partial charge in [-0.2, -0.15) is 0 Å². The Kier molecular flexibility index (Phi) is 4.70. The lowest BCUT2D eigenvalue weighted by atomic mass is 9.80. The molecule has 164 valence electrons. The van der Waals surface area contributed by atoms with Crippen LogP contribution in [0.5, 0.6) is 5.75 Å². The zero-order valence-corrected chi connectivity index (χ0v) is 18.7. The minimum absolute atomic E-state index is 0.0135. The predicted molar refractivity (Wildman–Crippen MR) is 123 cm³/mol. The van der Waals surface area contributed by atoms with Crippen LogP contribution in [0.2, 0.25) is 0 Å². The van der Waals surface area contributed by atoms with Crippen molar-refractivity contribution in [1.29, 1.82) is 0 Å². The Morgan fingerprint density at radius 1 is 0.906 bits per heavy atom. The number of hydrogen-bond acceptors (Lipinski definition) is 7. The van der Waals surface area contributed by atoms with E-state index in [9.17, 15) is 5.11 Å². The Bertz CT molecular complexity index is 1260. The second kappa shape index (κ2) is 7.34. The average Bonchev–Trinajstić information content (AvgIpc) is 3.15. The Morgan fingerprint density at radius 3 is 2.31 bits per heavy atom. The third kappa shape index (κ3) is 3.82. The maximum absolute atomic E-state index is 10.7. The minimum Gasteiger partial charge on any atom is -0.507 e. The van der Waals surface area contributed by atoms with E-state index in [-0.39, 0.29) is 22.9 Å². The van der Waals surface area contributed by atoms with Gasteiger partial charge < -0.3 is 10.4 Å². The zero-order valence-electron chi connectivity index (χ0n) is 18.7. The monoisotopic (exact) mass is 429 g/mol. The van der Waals surface area contributed by atoms with E-state index in [1.165, 1.54) is 0 Å². The second-order valence-electron chi connectivity index (χ2n) is 9.90. The first kappa shape index (κ1) is 20.5. The second-order valence-corrected chi connectivity index (χ2v) is 9.90. The van der Waals surface area contributed by atoms with Gasteiger partial charge in [0.05, 0.1) is 11.7 Å². The van der Waals surface area contributed by atoms with Gasteiger partial charge in [0, 0.05) is 29.0 Å². The first-order chi connectivity index (χ1) is 15.2. The van der Waals surface area contributed by atoms with Gasteiger partial charge in [0.2, 0.25) is 5.65 Å². The zero-order chi connectivity index (χ0) is 22.5. The van der Waals surface area contributed by atoms with Crippen LogP contribution in [0.1, 0.15) is 46.6 Å². The number of aromatic nitrogens is 6. The number of benzene rings is 1. The summed E-state index contributed by atoms with van der Waals surface area (Å²) < 4.78 is 1.91. The molecule has 32 heavy (non-hydrogen) atoms. The molecule has 1 aliphatic heterocycles. The Labute approximate surface area is 186 Å². The van der Waals surface area contributed by atoms with Crippen molar-refractivity contribution >= 4 is 11.2 Å². The van der Waals surface area contributed by atoms with E-state index in [0.29, 0.717) is 22.4 Å². The highest BCUT2D eigenvalue weighted by Gasteiger charge is 2.39. The largest absolute Gasteiger partial charge is 0.507 e. The summed E-state index contributed by atoms with van der Waals surface area (Å²) in [5.41, 5.74) is 4.37. The third-order valence-corrected chi connectivity index (χ3v) is 6.02. The van der Waals surface area contributed by atoms with Crippen molar-refractivity contribution in [3.63, 3.8) is 0 Å². The van der Waals surface area contributed by atoms with Gasteiger partial charge in [-0.25, -0.2) is 4.68 Å². The number of piperidine rings is 1. The molecule has 1 aromatic carbocycles. The Hall–Kier alpha value is -3.39. The molecular weight excluding hydrogens is 402 g/mol. The van der Waals surface area contributed by atoms with Crippen molar-refractivity contribution in [3.05, 3.63) is 48.8 Å². The molecule has 0 aliphatic carbocycles. The van der Waals surface area contributed by atoms with Crippen LogP contribution < -0.4 is 5.32 Å². The fraction of sp³-hybridized carbons (Fsp3) is 0.375. The molecule has 3 aromatic heterocycles. The lowest BCUT2D eigenvalue weighted by Gasteiger charge is -2.46. The number of phenolic OH excluding ortho intramolecular Hbond substituents is 1. The summed E-state index contributed by atoms with van der Waals surface area (Å²) in [5, 5.41) is 32.0. The number of fused-ring (bicyclic) bond motifs is 1. The van der Waals surface area contributed by atoms with E-state index in [4.69, 9.17) is 0 Å². The van der Waals surface area contributed by atoms with Gasteiger partial charge in [0.1, 0.15) is 11.3 Å². The van der Waals surface area contributed by atoms with Crippen molar-refractivity contribution in [1.82, 2.24) is 35.5 Å². The van der Waals surface area contributed by atoms with Gasteiger partial charge in [0.15, 0.2) is 0 Å². The van der Waals surface area contributed by atoms with E-state index in [1.54, 1.807) is 18.5 Å². The minimum atomic E-state index is -0.0135. The molecule has 0 bridgehead atoms. The van der Waals surface area contributed by atoms with Gasteiger partial charge in [-0.3, -0.25) is 4.98 Å². The van der Waals surface area contributed by atoms with Crippen molar-refractivity contribution < 1.29 is 5.11 Å². The standard InChI is InChI=1S/C24H27N7O/c1-23(2)13-17(14-24(3,4)29-23)31-22-20(27-30-31)12-19(26-28-22)18-6-5-16(11-21(18)32)15-7-9-25-10-8-15/h5-12,17,29,32H,13-14H2,1-4H3. The molecule has 0 amide bonds. The molecule has 8 nitrogen and oxygen atoms in total. The fourth-order valence-electron chi connectivity index (χ4n) is 5.04. The van der Waals surface area contributed by atoms with Gasteiger partial charge in [-0.15, -0.1) is 15.3 Å². The lowest BCUT2D eigenvalue weighted by Crippen LogP contribution is -2.58. The first-order valence-corrected chi connectivity index (χ1v) is 10.8. The van der Waals surface area contributed by atoms with Crippen molar-refractivity contribution in [2.45, 2.75) is 57.7 Å². The number of aromatic hydroxyl groups is 1. The highest BCUT2D eigenvalue weighted by atomic mass is 16.3. The molecular formula is C24H27N7O. The fourth-order valence-corrected chi connectivity index (χ4v) is 5.04. The summed E-state index contributed by atoms with van der Waals surface area (Å²) in [6.07, 6.45) is 5.31. The summed E-state index contributed by atoms with van der Waals surface area (Å²) in [5.74, 6) is 0.141. The summed E-state index contributed by atoms with van der Waals surface area (Å²) in [7, 11) is 0. The molecule has 1 fully saturated rings. The summed E-state index contributed by atoms with van der Waals surface area (Å²) in [4.78, 5) is 4.04. The quantitative estimate of drug-likeness (QED) is 0.505. The van der Waals surface area contributed by atoms with Crippen LogP contribution in [-0.4, -0.2) is 46.4 Å². The summed E-state index contributed by atoms with van der Waals surface area (Å²) in [6.45, 7) is 8.84. The molecule has 0 atom stereocenters. The van der Waals surface area contributed by atoms with Crippen LogP contribution in [0.15, 0.2) is 48.8 Å². The van der Waals surface area contributed by atoms with Crippen LogP contribution in [0, 0.1) is 0 Å². The number of phenols is 1. The normalized spacial score (nSPS) is 18.1. The number of rotatable bonds is 3. The van der Waals surface area contributed by atoms with Crippen LogP contribution in [0.4, 0.5) is 0 Å². The molecule has 0 saturated carbocycles. The molecule has 4 aromatic rings. The van der Waals surface area contributed by atoms with E-state index in [0.717, 1.165) is 24.0 Å². The molecule has 1 saturated heterocycles. The SMILES string of the molecule is CC1(C)CC(n2nnc3cc(-c4ccc(-c5ccncc5)cc4O)nnc32)CC(C)(C)N1. The summed E-state index contributed by atoms with van der Waals surface area (Å²) in [6, 6.07) is 11.4. The first-order valence-electron chi connectivity index (χ1n) is 10.8.